The number of unbranched alkanes of at least 4 members (excludes halogenated alkanes) is 14. The van der Waals surface area contributed by atoms with Crippen LogP contribution in [0.3, 0.4) is 0 Å². The monoisotopic (exact) mass is 1180 g/mol. The Morgan fingerprint density at radius 2 is 0.831 bits per heavy atom. The summed E-state index contributed by atoms with van der Waals surface area (Å²) in [6, 6.07) is -0.989. The molecule has 83 heavy (non-hydrogen) atoms. The molecule has 19 heteroatoms. The number of carbonyl (C=O) groups is 1. The van der Waals surface area contributed by atoms with E-state index in [4.69, 9.17) is 28.4 Å². The minimum Gasteiger partial charge on any atom is -0.394 e. The lowest BCUT2D eigenvalue weighted by Gasteiger charge is -2.48. The smallest absolute Gasteiger partial charge is 0.220 e. The molecule has 0 bridgehead atoms. The van der Waals surface area contributed by atoms with Gasteiger partial charge in [-0.1, -0.05) is 182 Å². The Morgan fingerprint density at radius 1 is 0.446 bits per heavy atom. The van der Waals surface area contributed by atoms with E-state index < -0.39 is 124 Å². The summed E-state index contributed by atoms with van der Waals surface area (Å²) in [6.07, 6.45) is 31.1. The van der Waals surface area contributed by atoms with Crippen LogP contribution in [0.1, 0.15) is 168 Å². The topological polar surface area (TPSA) is 307 Å². The molecule has 476 valence electrons. The molecule has 0 aromatic heterocycles. The Bertz CT molecular complexity index is 1890. The zero-order valence-electron chi connectivity index (χ0n) is 49.6. The molecule has 0 aromatic rings. The average Bonchev–Trinajstić information content (AvgIpc) is 3.62. The summed E-state index contributed by atoms with van der Waals surface area (Å²) in [5.41, 5.74) is 0. The van der Waals surface area contributed by atoms with Gasteiger partial charge in [0.2, 0.25) is 5.91 Å². The van der Waals surface area contributed by atoms with Crippen molar-refractivity contribution < 1.29 is 89.4 Å². The standard InChI is InChI=1S/C64H107NO18/c1-3-5-7-9-11-13-15-16-17-18-19-20-21-22-23-24-25-26-27-28-29-30-32-34-36-38-40-42-52(70)65-47(48(69)41-39-37-35-33-31-14-12-10-8-6-4-2)46-78-62-58(76)55(73)60(50(44-67)80-62)83-64-59(77)56(74)61(51(45-68)81-64)82-63-57(75)54(72)53(71)49(43-66)79-63/h5,7,11,13,16-17,19-20,22-23,25-26,28-29,39,41,47-51,53-64,66-69,71-77H,3-4,6,8-10,12,14-15,18,21,24,27,30-38,40,42-46H2,1-2H3,(H,65,70)/b7-5-,13-11-,17-16-,20-19-,23-22-,26-25-,29-28-,41-39+. The number of carbonyl (C=O) groups excluding carboxylic acids is 1. The third-order valence-corrected chi connectivity index (χ3v) is 14.9. The number of hydrogen-bond donors (Lipinski definition) is 12. The Hall–Kier alpha value is -3.29. The molecule has 12 N–H and O–H groups in total. The lowest BCUT2D eigenvalue weighted by Crippen LogP contribution is -2.66. The van der Waals surface area contributed by atoms with Crippen molar-refractivity contribution in [2.45, 2.75) is 272 Å². The van der Waals surface area contributed by atoms with Gasteiger partial charge >= 0.3 is 0 Å². The second kappa shape index (κ2) is 45.9. The quantitative estimate of drug-likeness (QED) is 0.0241. The Kier molecular flexibility index (Phi) is 40.9. The molecule has 3 saturated heterocycles. The average molecular weight is 1180 g/mol. The molecular weight excluding hydrogens is 1070 g/mol. The molecule has 3 aliphatic heterocycles. The number of amides is 1. The summed E-state index contributed by atoms with van der Waals surface area (Å²) in [6.45, 7) is 1.54. The van der Waals surface area contributed by atoms with Gasteiger partial charge in [0, 0.05) is 6.42 Å². The summed E-state index contributed by atoms with van der Waals surface area (Å²) in [5, 5.41) is 120. The lowest BCUT2D eigenvalue weighted by molar-refractivity contribution is -0.379. The zero-order chi connectivity index (χ0) is 60.5. The maximum Gasteiger partial charge on any atom is 0.220 e. The molecule has 0 saturated carbocycles. The van der Waals surface area contributed by atoms with E-state index in [1.54, 1.807) is 6.08 Å². The first-order chi connectivity index (χ1) is 40.3. The minimum absolute atomic E-state index is 0.214. The number of nitrogens with one attached hydrogen (secondary N) is 1. The van der Waals surface area contributed by atoms with Crippen LogP contribution in [0.2, 0.25) is 0 Å². The first-order valence-electron chi connectivity index (χ1n) is 31.0. The van der Waals surface area contributed by atoms with Gasteiger partial charge in [0.25, 0.3) is 0 Å². The van der Waals surface area contributed by atoms with Crippen LogP contribution in [0, 0.1) is 0 Å². The summed E-state index contributed by atoms with van der Waals surface area (Å²) in [4.78, 5) is 13.3. The van der Waals surface area contributed by atoms with Gasteiger partial charge in [-0.3, -0.25) is 4.79 Å². The number of rotatable bonds is 44. The van der Waals surface area contributed by atoms with Gasteiger partial charge < -0.3 is 89.9 Å². The van der Waals surface area contributed by atoms with Crippen molar-refractivity contribution in [3.05, 3.63) is 97.2 Å². The Morgan fingerprint density at radius 3 is 1.30 bits per heavy atom. The van der Waals surface area contributed by atoms with Crippen molar-refractivity contribution >= 4 is 5.91 Å². The predicted molar refractivity (Wildman–Crippen MR) is 318 cm³/mol. The number of aliphatic hydroxyl groups excluding tert-OH is 11. The highest BCUT2D eigenvalue weighted by Crippen LogP contribution is 2.33. The normalized spacial score (nSPS) is 30.1. The van der Waals surface area contributed by atoms with Crippen molar-refractivity contribution in [2.75, 3.05) is 26.4 Å². The molecule has 19 nitrogen and oxygen atoms in total. The molecule has 0 aromatic carbocycles. The van der Waals surface area contributed by atoms with Gasteiger partial charge in [-0.15, -0.1) is 0 Å². The number of allylic oxidation sites excluding steroid dienone is 15. The van der Waals surface area contributed by atoms with Gasteiger partial charge in [-0.05, 0) is 77.0 Å². The maximum absolute atomic E-state index is 13.3. The van der Waals surface area contributed by atoms with Gasteiger partial charge in [0.05, 0.1) is 38.6 Å². The molecule has 3 rings (SSSR count). The Labute approximate surface area is 494 Å². The van der Waals surface area contributed by atoms with Crippen LogP contribution in [0.25, 0.3) is 0 Å². The second-order valence-corrected chi connectivity index (χ2v) is 21.8. The van der Waals surface area contributed by atoms with E-state index in [0.717, 1.165) is 103 Å². The van der Waals surface area contributed by atoms with Crippen LogP contribution in [-0.2, 0) is 33.2 Å². The first-order valence-corrected chi connectivity index (χ1v) is 31.0. The van der Waals surface area contributed by atoms with Crippen molar-refractivity contribution in [3.8, 4) is 0 Å². The molecule has 0 spiro atoms. The van der Waals surface area contributed by atoms with Crippen molar-refractivity contribution in [1.82, 2.24) is 5.32 Å². The zero-order valence-corrected chi connectivity index (χ0v) is 49.6. The van der Waals surface area contributed by atoms with Crippen LogP contribution < -0.4 is 5.32 Å². The number of aliphatic hydroxyl groups is 11. The van der Waals surface area contributed by atoms with Gasteiger partial charge in [0.1, 0.15) is 73.2 Å². The summed E-state index contributed by atoms with van der Waals surface area (Å²) >= 11 is 0. The van der Waals surface area contributed by atoms with E-state index in [2.05, 4.69) is 104 Å². The largest absolute Gasteiger partial charge is 0.394 e. The summed E-state index contributed by atoms with van der Waals surface area (Å²) in [7, 11) is 0. The van der Waals surface area contributed by atoms with Crippen LogP contribution in [-0.4, -0.2) is 193 Å². The second-order valence-electron chi connectivity index (χ2n) is 21.8. The highest BCUT2D eigenvalue weighted by Gasteiger charge is 2.53. The van der Waals surface area contributed by atoms with Crippen LogP contribution in [0.15, 0.2) is 97.2 Å². The third-order valence-electron chi connectivity index (χ3n) is 14.9. The highest BCUT2D eigenvalue weighted by atomic mass is 16.8. The molecular formula is C64H107NO18. The molecule has 1 amide bonds. The summed E-state index contributed by atoms with van der Waals surface area (Å²) < 4.78 is 34.2. The lowest BCUT2D eigenvalue weighted by atomic mass is 9.96. The molecule has 0 radical (unpaired) electrons. The van der Waals surface area contributed by atoms with Gasteiger partial charge in [-0.2, -0.15) is 0 Å². The molecule has 3 fully saturated rings. The van der Waals surface area contributed by atoms with E-state index in [9.17, 15) is 61.0 Å². The fraction of sp³-hybridized carbons (Fsp3) is 0.734. The number of ether oxygens (including phenoxy) is 6. The molecule has 0 aliphatic carbocycles. The van der Waals surface area contributed by atoms with E-state index in [-0.39, 0.29) is 18.9 Å². The fourth-order valence-corrected chi connectivity index (χ4v) is 9.82. The Balaban J connectivity index is 1.45. The van der Waals surface area contributed by atoms with Crippen molar-refractivity contribution in [1.29, 1.82) is 0 Å². The molecule has 3 aliphatic rings. The third kappa shape index (κ3) is 29.3. The van der Waals surface area contributed by atoms with Crippen LogP contribution >= 0.6 is 0 Å². The minimum atomic E-state index is -1.98. The fourth-order valence-electron chi connectivity index (χ4n) is 9.82. The van der Waals surface area contributed by atoms with Crippen molar-refractivity contribution in [3.63, 3.8) is 0 Å². The van der Waals surface area contributed by atoms with Crippen molar-refractivity contribution in [2.24, 2.45) is 0 Å². The maximum atomic E-state index is 13.3. The van der Waals surface area contributed by atoms with Crippen LogP contribution in [0.5, 0.6) is 0 Å². The van der Waals surface area contributed by atoms with E-state index in [1.165, 1.54) is 38.5 Å². The van der Waals surface area contributed by atoms with E-state index in [1.807, 2.05) is 6.08 Å². The SMILES string of the molecule is CC/C=C\C/C=C\C/C=C\C/C=C\C/C=C\C/C=C\C/C=C\CCCCCCCC(=O)NC(COC1OC(CO)C(OC2OC(CO)C(OC3OC(CO)C(O)C(O)C3O)C(O)C2O)C(O)C1O)C(O)/C=C/CCCCCCCCCCC. The van der Waals surface area contributed by atoms with E-state index in [0.29, 0.717) is 6.42 Å². The molecule has 3 heterocycles. The van der Waals surface area contributed by atoms with Gasteiger partial charge in [-0.25, -0.2) is 0 Å². The first kappa shape index (κ1) is 74.0. The van der Waals surface area contributed by atoms with E-state index >= 15 is 0 Å². The molecule has 17 unspecified atom stereocenters. The highest BCUT2D eigenvalue weighted by molar-refractivity contribution is 5.76. The van der Waals surface area contributed by atoms with Gasteiger partial charge in [0.15, 0.2) is 18.9 Å². The predicted octanol–water partition coefficient (Wildman–Crippen LogP) is 6.15. The molecule has 17 atom stereocenters. The van der Waals surface area contributed by atoms with Crippen LogP contribution in [0.4, 0.5) is 0 Å². The summed E-state index contributed by atoms with van der Waals surface area (Å²) in [5.74, 6) is -0.301. The number of hydrogen-bond acceptors (Lipinski definition) is 18.